The number of allylic oxidation sites excluding steroid dienone is 2. The average molecular weight is 457 g/mol. The predicted molar refractivity (Wildman–Crippen MR) is 135 cm³/mol. The van der Waals surface area contributed by atoms with Crippen molar-refractivity contribution in [3.63, 3.8) is 0 Å². The number of aliphatic hydroxyl groups is 2. The van der Waals surface area contributed by atoms with Crippen LogP contribution in [0.5, 0.6) is 0 Å². The minimum absolute atomic E-state index is 0.00815. The molecule has 1 unspecified atom stereocenters. The van der Waals surface area contributed by atoms with Gasteiger partial charge >= 0.3 is 0 Å². The molecule has 0 aromatic carbocycles. The molecular weight excluding hydrogens is 408 g/mol. The normalized spacial score (nSPS) is 45.9. The summed E-state index contributed by atoms with van der Waals surface area (Å²) in [5.41, 5.74) is 0.305. The van der Waals surface area contributed by atoms with E-state index in [-0.39, 0.29) is 33.7 Å². The number of carbonyl (C=O) groups excluding carboxylic acids is 1. The van der Waals surface area contributed by atoms with Gasteiger partial charge in [-0.1, -0.05) is 59.3 Å². The lowest BCUT2D eigenvalue weighted by molar-refractivity contribution is -0.164. The van der Waals surface area contributed by atoms with Gasteiger partial charge in [0.15, 0.2) is 5.78 Å². The highest BCUT2D eigenvalue weighted by Gasteiger charge is 2.69. The summed E-state index contributed by atoms with van der Waals surface area (Å²) in [6, 6.07) is 0. The Morgan fingerprint density at radius 3 is 2.36 bits per heavy atom. The van der Waals surface area contributed by atoms with Gasteiger partial charge in [-0.25, -0.2) is 0 Å². The summed E-state index contributed by atoms with van der Waals surface area (Å²) >= 11 is 0. The second kappa shape index (κ2) is 7.79. The minimum Gasteiger partial charge on any atom is -0.392 e. The van der Waals surface area contributed by atoms with E-state index in [4.69, 9.17) is 0 Å². The third kappa shape index (κ3) is 3.63. The highest BCUT2D eigenvalue weighted by atomic mass is 16.3. The van der Waals surface area contributed by atoms with Crippen molar-refractivity contribution in [1.82, 2.24) is 0 Å². The fraction of sp³-hybridized carbons (Fsp3) is 0.833. The number of ketones is 1. The van der Waals surface area contributed by atoms with Gasteiger partial charge in [0.1, 0.15) is 0 Å². The van der Waals surface area contributed by atoms with Crippen LogP contribution in [0.2, 0.25) is 0 Å². The first kappa shape index (κ1) is 25.2. The van der Waals surface area contributed by atoms with Gasteiger partial charge < -0.3 is 10.2 Å². The molecule has 0 heterocycles. The Labute approximate surface area is 202 Å². The first-order valence-electron chi connectivity index (χ1n) is 13.4. The van der Waals surface area contributed by atoms with E-state index in [1.807, 2.05) is 26.0 Å². The Hall–Kier alpha value is -0.930. The predicted octanol–water partition coefficient (Wildman–Crippen LogP) is 6.48. The molecule has 0 aromatic heterocycles. The van der Waals surface area contributed by atoms with Crippen molar-refractivity contribution in [2.75, 3.05) is 0 Å². The molecule has 3 nitrogen and oxygen atoms in total. The molecule has 0 radical (unpaired) electrons. The Balaban J connectivity index is 1.67. The monoisotopic (exact) mass is 456 g/mol. The number of hydrogen-bond donors (Lipinski definition) is 2. The zero-order valence-electron chi connectivity index (χ0n) is 22.4. The van der Waals surface area contributed by atoms with Crippen LogP contribution >= 0.6 is 0 Å². The van der Waals surface area contributed by atoms with Crippen LogP contribution < -0.4 is 0 Å². The lowest BCUT2D eigenvalue weighted by atomic mass is 9.39. The van der Waals surface area contributed by atoms with Gasteiger partial charge in [0.2, 0.25) is 0 Å². The molecule has 8 atom stereocenters. The summed E-state index contributed by atoms with van der Waals surface area (Å²) < 4.78 is 0. The molecule has 0 saturated heterocycles. The molecule has 0 amide bonds. The van der Waals surface area contributed by atoms with Crippen LogP contribution in [0.1, 0.15) is 100 Å². The van der Waals surface area contributed by atoms with Crippen LogP contribution in [-0.2, 0) is 4.79 Å². The number of rotatable bonds is 4. The smallest absolute Gasteiger partial charge is 0.159 e. The summed E-state index contributed by atoms with van der Waals surface area (Å²) in [6.07, 6.45) is 13.1. The molecule has 186 valence electrons. The molecule has 4 aliphatic carbocycles. The molecule has 3 fully saturated rings. The fourth-order valence-corrected chi connectivity index (χ4v) is 9.18. The van der Waals surface area contributed by atoms with E-state index in [0.29, 0.717) is 23.5 Å². The van der Waals surface area contributed by atoms with Crippen LogP contribution in [0.15, 0.2) is 23.8 Å². The van der Waals surface area contributed by atoms with Gasteiger partial charge in [-0.15, -0.1) is 0 Å². The van der Waals surface area contributed by atoms with Gasteiger partial charge in [0.05, 0.1) is 11.7 Å². The first-order chi connectivity index (χ1) is 15.1. The van der Waals surface area contributed by atoms with Crippen molar-refractivity contribution in [3.8, 4) is 0 Å². The molecule has 4 rings (SSSR count). The maximum Gasteiger partial charge on any atom is 0.159 e. The number of carbonyl (C=O) groups is 1. The van der Waals surface area contributed by atoms with E-state index in [0.717, 1.165) is 32.1 Å². The summed E-state index contributed by atoms with van der Waals surface area (Å²) in [7, 11) is 0. The molecule has 3 heteroatoms. The van der Waals surface area contributed by atoms with Crippen molar-refractivity contribution >= 4 is 5.78 Å². The van der Waals surface area contributed by atoms with E-state index in [2.05, 4.69) is 47.6 Å². The van der Waals surface area contributed by atoms with E-state index in [1.54, 1.807) is 0 Å². The van der Waals surface area contributed by atoms with Crippen molar-refractivity contribution in [1.29, 1.82) is 0 Å². The number of hydrogen-bond acceptors (Lipinski definition) is 3. The number of fused-ring (bicyclic) bond motifs is 5. The zero-order valence-corrected chi connectivity index (χ0v) is 22.4. The maximum absolute atomic E-state index is 13.9. The largest absolute Gasteiger partial charge is 0.392 e. The summed E-state index contributed by atoms with van der Waals surface area (Å²) in [6.45, 7) is 17.6. The average Bonchev–Trinajstić information content (AvgIpc) is 2.95. The number of aliphatic hydroxyl groups excluding tert-OH is 1. The summed E-state index contributed by atoms with van der Waals surface area (Å²) in [4.78, 5) is 13.9. The van der Waals surface area contributed by atoms with E-state index < -0.39 is 5.60 Å². The summed E-state index contributed by atoms with van der Waals surface area (Å²) in [5.74, 6) is 1.95. The molecule has 2 N–H and O–H groups in total. The van der Waals surface area contributed by atoms with E-state index in [1.165, 1.54) is 18.4 Å². The standard InChI is InChI=1S/C30H48O3/c1-19(10-9-14-26(2,3)33)20-13-15-30(8)25-23(31)18-22-21(11-12-24(32)27(22,4)5)28(25,6)16-17-29(20,30)7/h9,14,18-21,24-25,32-33H,10-13,15-17H2,1-8H3/b14-9+/t19-,20-,21?,24+,25-,28+,29-,30+/m1/s1. The second-order valence-electron chi connectivity index (χ2n) is 14.1. The first-order valence-corrected chi connectivity index (χ1v) is 13.4. The lowest BCUT2D eigenvalue weighted by Crippen LogP contribution is -2.61. The minimum atomic E-state index is -0.764. The molecular formula is C30H48O3. The van der Waals surface area contributed by atoms with E-state index >= 15 is 0 Å². The van der Waals surface area contributed by atoms with Crippen molar-refractivity contribution in [2.24, 2.45) is 45.3 Å². The molecule has 0 spiro atoms. The molecule has 0 aromatic rings. The Kier molecular flexibility index (Phi) is 5.94. The maximum atomic E-state index is 13.9. The van der Waals surface area contributed by atoms with Gasteiger partial charge in [-0.05, 0) is 98.9 Å². The lowest BCUT2D eigenvalue weighted by Gasteiger charge is -2.65. The van der Waals surface area contributed by atoms with Crippen LogP contribution in [0.3, 0.4) is 0 Å². The van der Waals surface area contributed by atoms with Crippen LogP contribution in [0, 0.1) is 45.3 Å². The van der Waals surface area contributed by atoms with Gasteiger partial charge in [-0.2, -0.15) is 0 Å². The Morgan fingerprint density at radius 2 is 1.73 bits per heavy atom. The SMILES string of the molecule is C[C@H](C/C=C/C(C)(C)O)[C@H]1CC[C@@]2(C)[C@@H]3C(=O)C=C4C(CC[C@H](O)C4(C)C)[C@]3(C)CC[C@]12C. The highest BCUT2D eigenvalue weighted by molar-refractivity contribution is 5.95. The van der Waals surface area contributed by atoms with Gasteiger partial charge in [-0.3, -0.25) is 4.79 Å². The topological polar surface area (TPSA) is 57.5 Å². The van der Waals surface area contributed by atoms with E-state index in [9.17, 15) is 15.0 Å². The van der Waals surface area contributed by atoms with Crippen molar-refractivity contribution in [3.05, 3.63) is 23.8 Å². The van der Waals surface area contributed by atoms with Crippen molar-refractivity contribution < 1.29 is 15.0 Å². The fourth-order valence-electron chi connectivity index (χ4n) is 9.18. The third-order valence-corrected chi connectivity index (χ3v) is 11.4. The zero-order chi connectivity index (χ0) is 24.6. The third-order valence-electron chi connectivity index (χ3n) is 11.4. The Morgan fingerprint density at radius 1 is 1.06 bits per heavy atom. The molecule has 4 aliphatic rings. The molecule has 33 heavy (non-hydrogen) atoms. The second-order valence-corrected chi connectivity index (χ2v) is 14.1. The molecule has 0 aliphatic heterocycles. The van der Waals surface area contributed by atoms with Crippen LogP contribution in [0.25, 0.3) is 0 Å². The Bertz CT molecular complexity index is 860. The quantitative estimate of drug-likeness (QED) is 0.476. The molecule has 3 saturated carbocycles. The summed E-state index contributed by atoms with van der Waals surface area (Å²) in [5, 5.41) is 20.8. The van der Waals surface area contributed by atoms with Gasteiger partial charge in [0.25, 0.3) is 0 Å². The van der Waals surface area contributed by atoms with Crippen LogP contribution in [0.4, 0.5) is 0 Å². The highest BCUT2D eigenvalue weighted by Crippen LogP contribution is 2.74. The molecule has 0 bridgehead atoms. The van der Waals surface area contributed by atoms with Gasteiger partial charge in [0, 0.05) is 11.3 Å². The van der Waals surface area contributed by atoms with Crippen LogP contribution in [-0.4, -0.2) is 27.7 Å². The van der Waals surface area contributed by atoms with Crippen molar-refractivity contribution in [2.45, 2.75) is 112 Å².